The third-order valence-electron chi connectivity index (χ3n) is 2.85. The number of nitrogens with one attached hydrogen (secondary N) is 1. The highest BCUT2D eigenvalue weighted by atomic mass is 14.9. The van der Waals surface area contributed by atoms with Crippen molar-refractivity contribution < 1.29 is 0 Å². The molecular formula is C10H21N. The Morgan fingerprint density at radius 1 is 1.27 bits per heavy atom. The highest BCUT2D eigenvalue weighted by Gasteiger charge is 2.19. The molecule has 1 fully saturated rings. The minimum atomic E-state index is 0.832. The summed E-state index contributed by atoms with van der Waals surface area (Å²) in [4.78, 5) is 0. The van der Waals surface area contributed by atoms with Gasteiger partial charge in [-0.05, 0) is 25.3 Å². The van der Waals surface area contributed by atoms with Crippen LogP contribution in [0, 0.1) is 5.92 Å². The number of hydrogen-bond acceptors (Lipinski definition) is 1. The third-order valence-corrected chi connectivity index (χ3v) is 2.85. The van der Waals surface area contributed by atoms with Gasteiger partial charge in [0.05, 0.1) is 0 Å². The molecule has 1 saturated carbocycles. The molecule has 2 atom stereocenters. The van der Waals surface area contributed by atoms with E-state index < -0.39 is 0 Å². The average molecular weight is 155 g/mol. The average Bonchev–Trinajstić information content (AvgIpc) is 2.06. The van der Waals surface area contributed by atoms with Crippen LogP contribution < -0.4 is 5.32 Å². The number of hydrogen-bond donors (Lipinski definition) is 1. The molecule has 1 N–H and O–H groups in total. The second-order valence-corrected chi connectivity index (χ2v) is 3.70. The topological polar surface area (TPSA) is 12.0 Å². The SMILES string of the molecule is CCNC1CCCC(CC)C1. The highest BCUT2D eigenvalue weighted by molar-refractivity contribution is 4.76. The third kappa shape index (κ3) is 2.82. The molecule has 0 radical (unpaired) electrons. The maximum Gasteiger partial charge on any atom is 0.00695 e. The maximum atomic E-state index is 3.55. The lowest BCUT2D eigenvalue weighted by molar-refractivity contribution is 0.282. The normalized spacial score (nSPS) is 32.2. The van der Waals surface area contributed by atoms with Gasteiger partial charge in [0, 0.05) is 6.04 Å². The van der Waals surface area contributed by atoms with Gasteiger partial charge in [-0.1, -0.05) is 33.1 Å². The van der Waals surface area contributed by atoms with Crippen molar-refractivity contribution in [1.82, 2.24) is 5.32 Å². The van der Waals surface area contributed by atoms with Crippen LogP contribution in [-0.2, 0) is 0 Å². The minimum Gasteiger partial charge on any atom is -0.314 e. The van der Waals surface area contributed by atoms with Crippen molar-refractivity contribution in [2.75, 3.05) is 6.54 Å². The van der Waals surface area contributed by atoms with Crippen LogP contribution in [0.2, 0.25) is 0 Å². The molecule has 0 aromatic heterocycles. The fourth-order valence-electron chi connectivity index (χ4n) is 2.14. The van der Waals surface area contributed by atoms with E-state index in [0.29, 0.717) is 0 Å². The molecular weight excluding hydrogens is 134 g/mol. The van der Waals surface area contributed by atoms with Crippen LogP contribution in [-0.4, -0.2) is 12.6 Å². The molecule has 1 aliphatic rings. The summed E-state index contributed by atoms with van der Waals surface area (Å²) in [5.74, 6) is 1.01. The van der Waals surface area contributed by atoms with Crippen LogP contribution in [0.3, 0.4) is 0 Å². The molecule has 1 nitrogen and oxygen atoms in total. The maximum absolute atomic E-state index is 3.55. The quantitative estimate of drug-likeness (QED) is 0.660. The van der Waals surface area contributed by atoms with Crippen molar-refractivity contribution in [3.05, 3.63) is 0 Å². The van der Waals surface area contributed by atoms with Crippen LogP contribution in [0.5, 0.6) is 0 Å². The zero-order valence-corrected chi connectivity index (χ0v) is 7.90. The van der Waals surface area contributed by atoms with Crippen molar-refractivity contribution in [3.63, 3.8) is 0 Å². The smallest absolute Gasteiger partial charge is 0.00695 e. The molecule has 0 spiro atoms. The summed E-state index contributed by atoms with van der Waals surface area (Å²) in [6.45, 7) is 5.66. The first-order valence-corrected chi connectivity index (χ1v) is 5.10. The standard InChI is InChI=1S/C10H21N/c1-3-9-6-5-7-10(8-9)11-4-2/h9-11H,3-8H2,1-2H3. The van der Waals surface area contributed by atoms with Crippen LogP contribution in [0.1, 0.15) is 46.0 Å². The second kappa shape index (κ2) is 4.76. The molecule has 2 unspecified atom stereocenters. The van der Waals surface area contributed by atoms with Gasteiger partial charge in [0.25, 0.3) is 0 Å². The Bertz CT molecular complexity index is 99.0. The van der Waals surface area contributed by atoms with Crippen LogP contribution in [0.4, 0.5) is 0 Å². The van der Waals surface area contributed by atoms with Crippen LogP contribution in [0.15, 0.2) is 0 Å². The van der Waals surface area contributed by atoms with E-state index in [9.17, 15) is 0 Å². The molecule has 11 heavy (non-hydrogen) atoms. The van der Waals surface area contributed by atoms with Gasteiger partial charge in [0.1, 0.15) is 0 Å². The molecule has 1 heteroatoms. The summed E-state index contributed by atoms with van der Waals surface area (Å²) in [5.41, 5.74) is 0. The minimum absolute atomic E-state index is 0.832. The predicted octanol–water partition coefficient (Wildman–Crippen LogP) is 2.56. The molecule has 0 aromatic rings. The molecule has 0 saturated heterocycles. The van der Waals surface area contributed by atoms with E-state index in [4.69, 9.17) is 0 Å². The van der Waals surface area contributed by atoms with Gasteiger partial charge >= 0.3 is 0 Å². The Kier molecular flexibility index (Phi) is 3.92. The largest absolute Gasteiger partial charge is 0.314 e. The van der Waals surface area contributed by atoms with Gasteiger partial charge in [-0.15, -0.1) is 0 Å². The summed E-state index contributed by atoms with van der Waals surface area (Å²) in [6, 6.07) is 0.832. The lowest BCUT2D eigenvalue weighted by Crippen LogP contribution is -2.33. The van der Waals surface area contributed by atoms with E-state index in [-0.39, 0.29) is 0 Å². The molecule has 66 valence electrons. The Morgan fingerprint density at radius 3 is 2.73 bits per heavy atom. The Morgan fingerprint density at radius 2 is 2.09 bits per heavy atom. The van der Waals surface area contributed by atoms with E-state index in [1.807, 2.05) is 0 Å². The van der Waals surface area contributed by atoms with Crippen molar-refractivity contribution >= 4 is 0 Å². The van der Waals surface area contributed by atoms with E-state index in [2.05, 4.69) is 19.2 Å². The van der Waals surface area contributed by atoms with Crippen molar-refractivity contribution in [2.45, 2.75) is 52.0 Å². The second-order valence-electron chi connectivity index (χ2n) is 3.70. The monoisotopic (exact) mass is 155 g/mol. The van der Waals surface area contributed by atoms with Crippen molar-refractivity contribution in [2.24, 2.45) is 5.92 Å². The molecule has 0 aromatic carbocycles. The van der Waals surface area contributed by atoms with Crippen molar-refractivity contribution in [1.29, 1.82) is 0 Å². The predicted molar refractivity (Wildman–Crippen MR) is 49.7 cm³/mol. The zero-order chi connectivity index (χ0) is 8.10. The van der Waals surface area contributed by atoms with E-state index >= 15 is 0 Å². The zero-order valence-electron chi connectivity index (χ0n) is 7.90. The lowest BCUT2D eigenvalue weighted by Gasteiger charge is -2.28. The highest BCUT2D eigenvalue weighted by Crippen LogP contribution is 2.26. The van der Waals surface area contributed by atoms with Crippen LogP contribution >= 0.6 is 0 Å². The Hall–Kier alpha value is -0.0400. The fourth-order valence-corrected chi connectivity index (χ4v) is 2.14. The summed E-state index contributed by atoms with van der Waals surface area (Å²) < 4.78 is 0. The summed E-state index contributed by atoms with van der Waals surface area (Å²) in [5, 5.41) is 3.55. The fraction of sp³-hybridized carbons (Fsp3) is 1.00. The van der Waals surface area contributed by atoms with E-state index in [0.717, 1.165) is 18.5 Å². The molecule has 1 rings (SSSR count). The molecule has 0 heterocycles. The summed E-state index contributed by atoms with van der Waals surface area (Å²) in [6.07, 6.45) is 7.12. The first-order valence-electron chi connectivity index (χ1n) is 5.10. The summed E-state index contributed by atoms with van der Waals surface area (Å²) >= 11 is 0. The molecule has 0 aliphatic heterocycles. The number of rotatable bonds is 3. The first kappa shape index (κ1) is 9.05. The van der Waals surface area contributed by atoms with Crippen LogP contribution in [0.25, 0.3) is 0 Å². The van der Waals surface area contributed by atoms with Gasteiger partial charge in [-0.3, -0.25) is 0 Å². The Labute approximate surface area is 70.6 Å². The summed E-state index contributed by atoms with van der Waals surface area (Å²) in [7, 11) is 0. The van der Waals surface area contributed by atoms with Crippen molar-refractivity contribution in [3.8, 4) is 0 Å². The van der Waals surface area contributed by atoms with Gasteiger partial charge in [-0.2, -0.15) is 0 Å². The van der Waals surface area contributed by atoms with Gasteiger partial charge < -0.3 is 5.32 Å². The van der Waals surface area contributed by atoms with E-state index in [1.54, 1.807) is 0 Å². The van der Waals surface area contributed by atoms with Gasteiger partial charge in [0.15, 0.2) is 0 Å². The lowest BCUT2D eigenvalue weighted by atomic mass is 9.84. The first-order chi connectivity index (χ1) is 5.36. The Balaban J connectivity index is 2.21. The molecule has 0 bridgehead atoms. The molecule has 0 amide bonds. The van der Waals surface area contributed by atoms with Gasteiger partial charge in [-0.25, -0.2) is 0 Å². The van der Waals surface area contributed by atoms with E-state index in [1.165, 1.54) is 32.1 Å². The molecule has 1 aliphatic carbocycles. The van der Waals surface area contributed by atoms with Gasteiger partial charge in [0.2, 0.25) is 0 Å².